The molecule has 3 N–H and O–H groups in total. The molecule has 0 saturated carbocycles. The lowest BCUT2D eigenvalue weighted by molar-refractivity contribution is 0.266. The van der Waals surface area contributed by atoms with Crippen molar-refractivity contribution in [2.75, 3.05) is 23.8 Å². The van der Waals surface area contributed by atoms with E-state index in [0.29, 0.717) is 5.82 Å². The Morgan fingerprint density at radius 1 is 1.57 bits per heavy atom. The highest BCUT2D eigenvalue weighted by molar-refractivity contribution is 5.43. The Balaban J connectivity index is 2.21. The highest BCUT2D eigenvalue weighted by Crippen LogP contribution is 2.23. The highest BCUT2D eigenvalue weighted by Gasteiger charge is 2.24. The first kappa shape index (κ1) is 9.21. The van der Waals surface area contributed by atoms with Gasteiger partial charge in [0.1, 0.15) is 11.6 Å². The number of hydrogen-bond donors (Lipinski definition) is 2. The van der Waals surface area contributed by atoms with Gasteiger partial charge in [0, 0.05) is 6.54 Å². The van der Waals surface area contributed by atoms with Crippen molar-refractivity contribution in [1.82, 2.24) is 9.97 Å². The SMILES string of the molecule is Nc1cncc(N2CCCC2CO)n1. The zero-order valence-corrected chi connectivity index (χ0v) is 7.93. The molecule has 76 valence electrons. The van der Waals surface area contributed by atoms with Gasteiger partial charge >= 0.3 is 0 Å². The lowest BCUT2D eigenvalue weighted by atomic mass is 10.2. The second kappa shape index (κ2) is 3.79. The minimum absolute atomic E-state index is 0.163. The molecule has 5 nitrogen and oxygen atoms in total. The molecule has 0 aliphatic carbocycles. The van der Waals surface area contributed by atoms with Crippen LogP contribution in [0, 0.1) is 0 Å². The Kier molecular flexibility index (Phi) is 2.49. The van der Waals surface area contributed by atoms with Crippen LogP contribution in [-0.4, -0.2) is 34.3 Å². The minimum Gasteiger partial charge on any atom is -0.394 e. The van der Waals surface area contributed by atoms with E-state index in [4.69, 9.17) is 10.8 Å². The maximum atomic E-state index is 9.15. The van der Waals surface area contributed by atoms with E-state index in [-0.39, 0.29) is 12.6 Å². The lowest BCUT2D eigenvalue weighted by Crippen LogP contribution is -2.32. The fourth-order valence-electron chi connectivity index (χ4n) is 1.84. The summed E-state index contributed by atoms with van der Waals surface area (Å²) in [5.41, 5.74) is 5.55. The second-order valence-electron chi connectivity index (χ2n) is 3.47. The molecule has 1 unspecified atom stereocenters. The van der Waals surface area contributed by atoms with Crippen molar-refractivity contribution in [1.29, 1.82) is 0 Å². The van der Waals surface area contributed by atoms with Crippen LogP contribution in [0.2, 0.25) is 0 Å². The normalized spacial score (nSPS) is 21.5. The molecular weight excluding hydrogens is 180 g/mol. The Labute approximate surface area is 82.6 Å². The maximum Gasteiger partial charge on any atom is 0.149 e. The highest BCUT2D eigenvalue weighted by atomic mass is 16.3. The fourth-order valence-corrected chi connectivity index (χ4v) is 1.84. The van der Waals surface area contributed by atoms with Crippen molar-refractivity contribution >= 4 is 11.6 Å². The summed E-state index contributed by atoms with van der Waals surface area (Å²) < 4.78 is 0. The van der Waals surface area contributed by atoms with Gasteiger partial charge in [-0.05, 0) is 12.8 Å². The van der Waals surface area contributed by atoms with Gasteiger partial charge in [0.2, 0.25) is 0 Å². The van der Waals surface area contributed by atoms with E-state index >= 15 is 0 Å². The van der Waals surface area contributed by atoms with Gasteiger partial charge in [0.25, 0.3) is 0 Å². The summed E-state index contributed by atoms with van der Waals surface area (Å²) in [5, 5.41) is 9.15. The Hall–Kier alpha value is -1.36. The van der Waals surface area contributed by atoms with Crippen molar-refractivity contribution in [3.05, 3.63) is 12.4 Å². The van der Waals surface area contributed by atoms with E-state index in [2.05, 4.69) is 14.9 Å². The molecule has 0 bridgehead atoms. The first-order chi connectivity index (χ1) is 6.81. The molecular formula is C9H14N4O. The molecule has 1 atom stereocenters. The number of aliphatic hydroxyl groups is 1. The quantitative estimate of drug-likeness (QED) is 0.694. The number of aromatic nitrogens is 2. The molecule has 1 aromatic heterocycles. The van der Waals surface area contributed by atoms with E-state index in [1.807, 2.05) is 0 Å². The summed E-state index contributed by atoms with van der Waals surface area (Å²) in [6.07, 6.45) is 5.30. The van der Waals surface area contributed by atoms with Gasteiger partial charge in [-0.3, -0.25) is 4.98 Å². The van der Waals surface area contributed by atoms with Crippen molar-refractivity contribution in [3.8, 4) is 0 Å². The van der Waals surface area contributed by atoms with Gasteiger partial charge < -0.3 is 15.7 Å². The number of aliphatic hydroxyl groups excluding tert-OH is 1. The molecule has 0 amide bonds. The van der Waals surface area contributed by atoms with Crippen molar-refractivity contribution < 1.29 is 5.11 Å². The average Bonchev–Trinajstić information content (AvgIpc) is 2.65. The predicted molar refractivity (Wildman–Crippen MR) is 53.9 cm³/mol. The molecule has 1 aliphatic rings. The predicted octanol–water partition coefficient (Wildman–Crippen LogP) is 0.0199. The number of nitrogens with two attached hydrogens (primary N) is 1. The van der Waals surface area contributed by atoms with Crippen LogP contribution >= 0.6 is 0 Å². The van der Waals surface area contributed by atoms with E-state index in [1.165, 1.54) is 6.20 Å². The molecule has 2 rings (SSSR count). The van der Waals surface area contributed by atoms with Gasteiger partial charge in [-0.25, -0.2) is 4.98 Å². The van der Waals surface area contributed by atoms with Gasteiger partial charge in [0.15, 0.2) is 0 Å². The molecule has 1 fully saturated rings. The van der Waals surface area contributed by atoms with Crippen molar-refractivity contribution in [2.45, 2.75) is 18.9 Å². The van der Waals surface area contributed by atoms with Crippen molar-refractivity contribution in [2.24, 2.45) is 0 Å². The number of hydrogen-bond acceptors (Lipinski definition) is 5. The first-order valence-electron chi connectivity index (χ1n) is 4.76. The summed E-state index contributed by atoms with van der Waals surface area (Å²) in [4.78, 5) is 10.2. The van der Waals surface area contributed by atoms with Crippen LogP contribution in [0.15, 0.2) is 12.4 Å². The number of nitrogen functional groups attached to an aromatic ring is 1. The summed E-state index contributed by atoms with van der Waals surface area (Å²) in [5.74, 6) is 1.19. The van der Waals surface area contributed by atoms with Crippen LogP contribution < -0.4 is 10.6 Å². The zero-order chi connectivity index (χ0) is 9.97. The van der Waals surface area contributed by atoms with Crippen LogP contribution in [0.1, 0.15) is 12.8 Å². The number of anilines is 2. The lowest BCUT2D eigenvalue weighted by Gasteiger charge is -2.23. The summed E-state index contributed by atoms with van der Waals surface area (Å²) >= 11 is 0. The van der Waals surface area contributed by atoms with Crippen LogP contribution in [-0.2, 0) is 0 Å². The second-order valence-corrected chi connectivity index (χ2v) is 3.47. The van der Waals surface area contributed by atoms with E-state index < -0.39 is 0 Å². The number of nitrogens with zero attached hydrogens (tertiary/aromatic N) is 3. The third kappa shape index (κ3) is 1.63. The van der Waals surface area contributed by atoms with Crippen LogP contribution in [0.5, 0.6) is 0 Å². The molecule has 5 heteroatoms. The van der Waals surface area contributed by atoms with E-state index in [1.54, 1.807) is 6.20 Å². The average molecular weight is 194 g/mol. The van der Waals surface area contributed by atoms with Crippen molar-refractivity contribution in [3.63, 3.8) is 0 Å². The summed E-state index contributed by atoms with van der Waals surface area (Å²) in [6, 6.07) is 0.172. The van der Waals surface area contributed by atoms with Gasteiger partial charge in [-0.1, -0.05) is 0 Å². The summed E-state index contributed by atoms with van der Waals surface area (Å²) in [7, 11) is 0. The molecule has 0 spiro atoms. The molecule has 2 heterocycles. The standard InChI is InChI=1S/C9H14N4O/c10-8-4-11-5-9(12-8)13-3-1-2-7(13)6-14/h4-5,7,14H,1-3,6H2,(H2,10,12). The summed E-state index contributed by atoms with van der Waals surface area (Å²) in [6.45, 7) is 1.08. The van der Waals surface area contributed by atoms with Gasteiger partial charge in [-0.2, -0.15) is 0 Å². The molecule has 0 aromatic carbocycles. The maximum absolute atomic E-state index is 9.15. The molecule has 1 saturated heterocycles. The van der Waals surface area contributed by atoms with E-state index in [0.717, 1.165) is 25.2 Å². The van der Waals surface area contributed by atoms with Gasteiger partial charge in [0.05, 0.1) is 25.0 Å². The zero-order valence-electron chi connectivity index (χ0n) is 7.93. The van der Waals surface area contributed by atoms with Crippen LogP contribution in [0.4, 0.5) is 11.6 Å². The Morgan fingerprint density at radius 3 is 3.14 bits per heavy atom. The van der Waals surface area contributed by atoms with Gasteiger partial charge in [-0.15, -0.1) is 0 Å². The Bertz CT molecular complexity index is 317. The van der Waals surface area contributed by atoms with Crippen LogP contribution in [0.25, 0.3) is 0 Å². The monoisotopic (exact) mass is 194 g/mol. The molecule has 0 radical (unpaired) electrons. The largest absolute Gasteiger partial charge is 0.394 e. The first-order valence-corrected chi connectivity index (χ1v) is 4.76. The molecule has 1 aromatic rings. The molecule has 14 heavy (non-hydrogen) atoms. The topological polar surface area (TPSA) is 75.3 Å². The number of rotatable bonds is 2. The molecule has 1 aliphatic heterocycles. The van der Waals surface area contributed by atoms with E-state index in [9.17, 15) is 0 Å². The Morgan fingerprint density at radius 2 is 2.43 bits per heavy atom. The minimum atomic E-state index is 0.163. The third-order valence-electron chi connectivity index (χ3n) is 2.52. The third-order valence-corrected chi connectivity index (χ3v) is 2.52. The van der Waals surface area contributed by atoms with Crippen LogP contribution in [0.3, 0.4) is 0 Å². The fraction of sp³-hybridized carbons (Fsp3) is 0.556. The smallest absolute Gasteiger partial charge is 0.149 e.